The predicted octanol–water partition coefficient (Wildman–Crippen LogP) is 2.70. The Morgan fingerprint density at radius 2 is 2.25 bits per heavy atom. The Morgan fingerprint density at radius 1 is 1.40 bits per heavy atom. The molecule has 0 spiro atoms. The summed E-state index contributed by atoms with van der Waals surface area (Å²) >= 11 is 0. The van der Waals surface area contributed by atoms with E-state index in [-0.39, 0.29) is 0 Å². The van der Waals surface area contributed by atoms with Crippen LogP contribution in [0.3, 0.4) is 0 Å². The smallest absolute Gasteiger partial charge is 0.0434 e. The fourth-order valence-electron chi connectivity index (χ4n) is 3.05. The van der Waals surface area contributed by atoms with Gasteiger partial charge in [0, 0.05) is 31.9 Å². The molecular weight excluding hydrogens is 248 g/mol. The molecule has 3 heteroatoms. The van der Waals surface area contributed by atoms with E-state index in [4.69, 9.17) is 5.11 Å². The number of aliphatic hydroxyl groups is 1. The van der Waals surface area contributed by atoms with Crippen LogP contribution in [0, 0.1) is 12.8 Å². The van der Waals surface area contributed by atoms with Crippen LogP contribution < -0.4 is 10.2 Å². The Bertz CT molecular complexity index is 417. The van der Waals surface area contributed by atoms with E-state index in [0.717, 1.165) is 32.6 Å². The summed E-state index contributed by atoms with van der Waals surface area (Å²) in [6, 6.07) is 6.82. The van der Waals surface area contributed by atoms with Gasteiger partial charge in [0.15, 0.2) is 0 Å². The maximum Gasteiger partial charge on any atom is 0.0434 e. The highest BCUT2D eigenvalue weighted by molar-refractivity contribution is 5.51. The highest BCUT2D eigenvalue weighted by Gasteiger charge is 2.19. The third-order valence-electron chi connectivity index (χ3n) is 4.31. The summed E-state index contributed by atoms with van der Waals surface area (Å²) in [7, 11) is 0. The number of nitrogens with one attached hydrogen (secondary N) is 1. The van der Waals surface area contributed by atoms with Crippen molar-refractivity contribution in [3.63, 3.8) is 0 Å². The lowest BCUT2D eigenvalue weighted by atomic mass is 9.94. The average Bonchev–Trinajstić information content (AvgIpc) is 2.46. The van der Waals surface area contributed by atoms with E-state index >= 15 is 0 Å². The number of aryl methyl sites for hydroxylation is 1. The fraction of sp³-hybridized carbons (Fsp3) is 0.647. The molecule has 0 saturated carbocycles. The van der Waals surface area contributed by atoms with Crippen LogP contribution in [0.4, 0.5) is 5.69 Å². The Balaban J connectivity index is 2.03. The normalized spacial score (nSPS) is 19.4. The lowest BCUT2D eigenvalue weighted by Gasteiger charge is -2.34. The minimum atomic E-state index is 0.319. The third-order valence-corrected chi connectivity index (χ3v) is 4.31. The second-order valence-electron chi connectivity index (χ2n) is 5.86. The number of hydrogen-bond donors (Lipinski definition) is 2. The predicted molar refractivity (Wildman–Crippen MR) is 85.2 cm³/mol. The first-order chi connectivity index (χ1) is 9.74. The molecule has 3 nitrogen and oxygen atoms in total. The van der Waals surface area contributed by atoms with Gasteiger partial charge in [0.1, 0.15) is 0 Å². The lowest BCUT2D eigenvalue weighted by Crippen LogP contribution is -2.35. The van der Waals surface area contributed by atoms with Gasteiger partial charge in [0.25, 0.3) is 0 Å². The van der Waals surface area contributed by atoms with E-state index in [9.17, 15) is 0 Å². The SMILES string of the molecule is CCNCc1ccc(N2CCCC(CCO)C2)cc1C. The Hall–Kier alpha value is -1.06. The van der Waals surface area contributed by atoms with Crippen molar-refractivity contribution in [1.29, 1.82) is 0 Å². The van der Waals surface area contributed by atoms with Gasteiger partial charge >= 0.3 is 0 Å². The van der Waals surface area contributed by atoms with Gasteiger partial charge in [-0.2, -0.15) is 0 Å². The van der Waals surface area contributed by atoms with Crippen molar-refractivity contribution in [3.05, 3.63) is 29.3 Å². The highest BCUT2D eigenvalue weighted by Crippen LogP contribution is 2.26. The zero-order valence-electron chi connectivity index (χ0n) is 12.9. The minimum absolute atomic E-state index is 0.319. The van der Waals surface area contributed by atoms with Crippen LogP contribution in [0.25, 0.3) is 0 Å². The third kappa shape index (κ3) is 3.97. The first-order valence-electron chi connectivity index (χ1n) is 7.90. The molecule has 0 bridgehead atoms. The van der Waals surface area contributed by atoms with Crippen LogP contribution in [0.1, 0.15) is 37.3 Å². The molecule has 1 saturated heterocycles. The van der Waals surface area contributed by atoms with E-state index in [2.05, 4.69) is 42.3 Å². The van der Waals surface area contributed by atoms with E-state index in [1.54, 1.807) is 0 Å². The standard InChI is InChI=1S/C17H28N2O/c1-3-18-12-16-6-7-17(11-14(16)2)19-9-4-5-15(13-19)8-10-20/h6-7,11,15,18,20H,3-5,8-10,12-13H2,1-2H3. The molecule has 2 N–H and O–H groups in total. The number of nitrogens with zero attached hydrogens (tertiary/aromatic N) is 1. The van der Waals surface area contributed by atoms with Crippen LogP contribution in [0.2, 0.25) is 0 Å². The zero-order valence-corrected chi connectivity index (χ0v) is 12.9. The summed E-state index contributed by atoms with van der Waals surface area (Å²) in [5.41, 5.74) is 4.10. The molecule has 0 radical (unpaired) electrons. The molecule has 1 aromatic rings. The first-order valence-corrected chi connectivity index (χ1v) is 7.90. The monoisotopic (exact) mass is 276 g/mol. The van der Waals surface area contributed by atoms with Crippen molar-refractivity contribution in [1.82, 2.24) is 5.32 Å². The van der Waals surface area contributed by atoms with Crippen molar-refractivity contribution < 1.29 is 5.11 Å². The van der Waals surface area contributed by atoms with Crippen molar-refractivity contribution in [3.8, 4) is 0 Å². The molecule has 20 heavy (non-hydrogen) atoms. The van der Waals surface area contributed by atoms with Crippen LogP contribution >= 0.6 is 0 Å². The average molecular weight is 276 g/mol. The second-order valence-corrected chi connectivity index (χ2v) is 5.86. The molecule has 2 rings (SSSR count). The van der Waals surface area contributed by atoms with Crippen molar-refractivity contribution in [2.45, 2.75) is 39.7 Å². The van der Waals surface area contributed by atoms with Crippen LogP contribution in [0.5, 0.6) is 0 Å². The molecule has 1 aromatic carbocycles. The number of rotatable bonds is 6. The summed E-state index contributed by atoms with van der Waals surface area (Å²) in [6.07, 6.45) is 3.44. The Morgan fingerprint density at radius 3 is 2.95 bits per heavy atom. The minimum Gasteiger partial charge on any atom is -0.396 e. The van der Waals surface area contributed by atoms with E-state index in [1.807, 2.05) is 0 Å². The second kappa shape index (κ2) is 7.65. The Labute approximate surface area is 123 Å². The summed E-state index contributed by atoms with van der Waals surface area (Å²) in [6.45, 7) is 8.86. The maximum atomic E-state index is 9.11. The summed E-state index contributed by atoms with van der Waals surface area (Å²) in [4.78, 5) is 2.48. The molecule has 1 heterocycles. The van der Waals surface area contributed by atoms with E-state index in [0.29, 0.717) is 12.5 Å². The van der Waals surface area contributed by atoms with E-state index < -0.39 is 0 Å². The van der Waals surface area contributed by atoms with Gasteiger partial charge in [-0.1, -0.05) is 13.0 Å². The van der Waals surface area contributed by atoms with Gasteiger partial charge in [-0.05, 0) is 61.9 Å². The molecule has 0 aromatic heterocycles. The van der Waals surface area contributed by atoms with Gasteiger partial charge in [-0.3, -0.25) is 0 Å². The van der Waals surface area contributed by atoms with Gasteiger partial charge in [0.2, 0.25) is 0 Å². The van der Waals surface area contributed by atoms with E-state index in [1.165, 1.54) is 29.7 Å². The molecule has 1 unspecified atom stereocenters. The molecule has 1 fully saturated rings. The number of hydrogen-bond acceptors (Lipinski definition) is 3. The summed E-state index contributed by atoms with van der Waals surface area (Å²) in [5, 5.41) is 12.5. The van der Waals surface area contributed by atoms with Gasteiger partial charge < -0.3 is 15.3 Å². The molecule has 0 aliphatic carbocycles. The van der Waals surface area contributed by atoms with Crippen molar-refractivity contribution >= 4 is 5.69 Å². The largest absolute Gasteiger partial charge is 0.396 e. The Kier molecular flexibility index (Phi) is 5.86. The first kappa shape index (κ1) is 15.3. The molecule has 1 aliphatic rings. The van der Waals surface area contributed by atoms with Gasteiger partial charge in [-0.15, -0.1) is 0 Å². The van der Waals surface area contributed by atoms with Crippen LogP contribution in [0.15, 0.2) is 18.2 Å². The molecule has 1 atom stereocenters. The molecule has 112 valence electrons. The highest BCUT2D eigenvalue weighted by atomic mass is 16.3. The molecular formula is C17H28N2O. The van der Waals surface area contributed by atoms with Crippen LogP contribution in [-0.2, 0) is 6.54 Å². The number of anilines is 1. The number of aliphatic hydroxyl groups excluding tert-OH is 1. The molecule has 1 aliphatic heterocycles. The summed E-state index contributed by atoms with van der Waals surface area (Å²) < 4.78 is 0. The van der Waals surface area contributed by atoms with Crippen molar-refractivity contribution in [2.24, 2.45) is 5.92 Å². The topological polar surface area (TPSA) is 35.5 Å². The quantitative estimate of drug-likeness (QED) is 0.838. The van der Waals surface area contributed by atoms with Crippen molar-refractivity contribution in [2.75, 3.05) is 31.1 Å². The molecule has 0 amide bonds. The lowest BCUT2D eigenvalue weighted by molar-refractivity contribution is 0.244. The maximum absolute atomic E-state index is 9.11. The van der Waals surface area contributed by atoms with Crippen LogP contribution in [-0.4, -0.2) is 31.3 Å². The van der Waals surface area contributed by atoms with Gasteiger partial charge in [0.05, 0.1) is 0 Å². The van der Waals surface area contributed by atoms with Gasteiger partial charge in [-0.25, -0.2) is 0 Å². The number of piperidine rings is 1. The summed E-state index contributed by atoms with van der Waals surface area (Å²) in [5.74, 6) is 0.649. The number of benzene rings is 1. The zero-order chi connectivity index (χ0) is 14.4. The fourth-order valence-corrected chi connectivity index (χ4v) is 3.05.